The van der Waals surface area contributed by atoms with Gasteiger partial charge in [0, 0.05) is 0 Å². The second-order valence-electron chi connectivity index (χ2n) is 4.24. The number of aromatic nitrogens is 3. The minimum Gasteiger partial charge on any atom is -0.478 e. The number of hydrogen-bond donors (Lipinski definition) is 1. The first-order valence-corrected chi connectivity index (χ1v) is 6.81. The Hall–Kier alpha value is -1.69. The maximum atomic E-state index is 10.8. The van der Waals surface area contributed by atoms with Crippen LogP contribution in [0.3, 0.4) is 0 Å². The van der Waals surface area contributed by atoms with Gasteiger partial charge in [-0.15, -0.1) is 5.10 Å². The number of carboxylic acids is 1. The first kappa shape index (κ1) is 13.7. The van der Waals surface area contributed by atoms with E-state index in [1.54, 1.807) is 24.3 Å². The van der Waals surface area contributed by atoms with Crippen LogP contribution in [0.4, 0.5) is 0 Å². The average Bonchev–Trinajstić information content (AvgIpc) is 2.73. The van der Waals surface area contributed by atoms with Crippen LogP contribution in [0.2, 0.25) is 0 Å². The summed E-state index contributed by atoms with van der Waals surface area (Å²) in [7, 11) is 0. The molecule has 19 heavy (non-hydrogen) atoms. The molecule has 2 rings (SSSR count). The Morgan fingerprint density at radius 2 is 2.05 bits per heavy atom. The van der Waals surface area contributed by atoms with Gasteiger partial charge in [0.25, 0.3) is 0 Å². The number of hydrogen-bond acceptors (Lipinski definition) is 3. The zero-order chi connectivity index (χ0) is 13.8. The molecular formula is C13H14BrN3O2. The molecular weight excluding hydrogens is 310 g/mol. The van der Waals surface area contributed by atoms with Crippen LogP contribution in [0, 0.1) is 0 Å². The molecule has 0 unspecified atom stereocenters. The smallest absolute Gasteiger partial charge is 0.335 e. The lowest BCUT2D eigenvalue weighted by molar-refractivity contribution is 0.0697. The topological polar surface area (TPSA) is 68.0 Å². The van der Waals surface area contributed by atoms with E-state index in [2.05, 4.69) is 33.2 Å². The third kappa shape index (κ3) is 3.20. The highest BCUT2D eigenvalue weighted by Crippen LogP contribution is 2.16. The molecule has 5 nitrogen and oxygen atoms in total. The Kier molecular flexibility index (Phi) is 4.31. The summed E-state index contributed by atoms with van der Waals surface area (Å²) in [6.07, 6.45) is 1.92. The van der Waals surface area contributed by atoms with Crippen molar-refractivity contribution in [3.8, 4) is 0 Å². The van der Waals surface area contributed by atoms with Crippen molar-refractivity contribution in [2.45, 2.75) is 26.3 Å². The molecule has 0 fully saturated rings. The van der Waals surface area contributed by atoms with Crippen molar-refractivity contribution in [1.82, 2.24) is 15.0 Å². The molecule has 0 aliphatic rings. The molecule has 0 radical (unpaired) electrons. The van der Waals surface area contributed by atoms with Crippen LogP contribution >= 0.6 is 15.9 Å². The van der Waals surface area contributed by atoms with E-state index < -0.39 is 5.97 Å². The van der Waals surface area contributed by atoms with Gasteiger partial charge in [-0.2, -0.15) is 0 Å². The molecule has 0 aliphatic heterocycles. The largest absolute Gasteiger partial charge is 0.478 e. The molecule has 0 atom stereocenters. The minimum absolute atomic E-state index is 0.289. The van der Waals surface area contributed by atoms with Gasteiger partial charge < -0.3 is 5.11 Å². The van der Waals surface area contributed by atoms with E-state index in [9.17, 15) is 4.79 Å². The summed E-state index contributed by atoms with van der Waals surface area (Å²) in [6, 6.07) is 6.80. The molecule has 1 aromatic carbocycles. The molecule has 0 spiro atoms. The Bertz CT molecular complexity index is 578. The van der Waals surface area contributed by atoms with Crippen molar-refractivity contribution in [2.24, 2.45) is 0 Å². The fourth-order valence-corrected chi connectivity index (χ4v) is 2.31. The molecule has 0 bridgehead atoms. The van der Waals surface area contributed by atoms with Crippen molar-refractivity contribution in [1.29, 1.82) is 0 Å². The normalized spacial score (nSPS) is 10.6. The van der Waals surface area contributed by atoms with Crippen LogP contribution in [0.25, 0.3) is 0 Å². The molecule has 0 saturated heterocycles. The maximum Gasteiger partial charge on any atom is 0.335 e. The van der Waals surface area contributed by atoms with Crippen molar-refractivity contribution < 1.29 is 9.90 Å². The second kappa shape index (κ2) is 5.97. The van der Waals surface area contributed by atoms with Gasteiger partial charge in [-0.25, -0.2) is 9.48 Å². The van der Waals surface area contributed by atoms with Crippen LogP contribution in [0.1, 0.15) is 35.0 Å². The van der Waals surface area contributed by atoms with Crippen LogP contribution in [-0.4, -0.2) is 26.1 Å². The number of rotatable bonds is 5. The molecule has 100 valence electrons. The van der Waals surface area contributed by atoms with Crippen molar-refractivity contribution in [3.63, 3.8) is 0 Å². The third-order valence-corrected chi connectivity index (χ3v) is 3.43. The molecule has 0 saturated carbocycles. The number of carboxylic acid groups (broad SMARTS) is 1. The highest BCUT2D eigenvalue weighted by molar-refractivity contribution is 9.10. The van der Waals surface area contributed by atoms with Crippen molar-refractivity contribution in [3.05, 3.63) is 45.7 Å². The van der Waals surface area contributed by atoms with Gasteiger partial charge in [-0.05, 0) is 40.0 Å². The predicted molar refractivity (Wildman–Crippen MR) is 74.2 cm³/mol. The highest BCUT2D eigenvalue weighted by atomic mass is 79.9. The number of halogens is 1. The first-order chi connectivity index (χ1) is 9.11. The fraction of sp³-hybridized carbons (Fsp3) is 0.308. The SMILES string of the molecule is CCCc1c(Br)nnn1Cc1ccc(C(=O)O)cc1. The molecule has 0 aliphatic carbocycles. The maximum absolute atomic E-state index is 10.8. The van der Waals surface area contributed by atoms with Crippen molar-refractivity contribution in [2.75, 3.05) is 0 Å². The number of benzene rings is 1. The Morgan fingerprint density at radius 1 is 1.37 bits per heavy atom. The third-order valence-electron chi connectivity index (χ3n) is 2.81. The van der Waals surface area contributed by atoms with Crippen molar-refractivity contribution >= 4 is 21.9 Å². The van der Waals surface area contributed by atoms with Gasteiger partial charge >= 0.3 is 5.97 Å². The molecule has 2 aromatic rings. The quantitative estimate of drug-likeness (QED) is 0.918. The summed E-state index contributed by atoms with van der Waals surface area (Å²) in [5.41, 5.74) is 2.35. The van der Waals surface area contributed by atoms with E-state index in [4.69, 9.17) is 5.11 Å². The second-order valence-corrected chi connectivity index (χ2v) is 4.99. The molecule has 0 amide bonds. The minimum atomic E-state index is -0.915. The lowest BCUT2D eigenvalue weighted by atomic mass is 10.1. The number of nitrogens with zero attached hydrogens (tertiary/aromatic N) is 3. The lowest BCUT2D eigenvalue weighted by Gasteiger charge is -2.06. The summed E-state index contributed by atoms with van der Waals surface area (Å²) >= 11 is 3.39. The predicted octanol–water partition coefficient (Wildman–Crippen LogP) is 2.74. The summed E-state index contributed by atoms with van der Waals surface area (Å²) in [5.74, 6) is -0.915. The van der Waals surface area contributed by atoms with Gasteiger partial charge in [0.05, 0.1) is 17.8 Å². The fourth-order valence-electron chi connectivity index (χ4n) is 1.83. The van der Waals surface area contributed by atoms with E-state index in [0.29, 0.717) is 6.54 Å². The first-order valence-electron chi connectivity index (χ1n) is 6.02. The number of carbonyl (C=O) groups is 1. The Labute approximate surface area is 119 Å². The summed E-state index contributed by atoms with van der Waals surface area (Å²) < 4.78 is 2.61. The van der Waals surface area contributed by atoms with Gasteiger partial charge in [0.1, 0.15) is 0 Å². The van der Waals surface area contributed by atoms with E-state index in [0.717, 1.165) is 28.7 Å². The van der Waals surface area contributed by atoms with Crippen LogP contribution < -0.4 is 0 Å². The molecule has 1 aromatic heterocycles. The van der Waals surface area contributed by atoms with E-state index in [-0.39, 0.29) is 5.56 Å². The van der Waals surface area contributed by atoms with Crippen LogP contribution in [-0.2, 0) is 13.0 Å². The van der Waals surface area contributed by atoms with Gasteiger partial charge in [0.15, 0.2) is 4.60 Å². The standard InChI is InChI=1S/C13H14BrN3O2/c1-2-3-11-12(14)15-16-17(11)8-9-4-6-10(7-5-9)13(18)19/h4-7H,2-3,8H2,1H3,(H,18,19). The molecule has 1 N–H and O–H groups in total. The Balaban J connectivity index is 2.19. The zero-order valence-corrected chi connectivity index (χ0v) is 12.1. The summed E-state index contributed by atoms with van der Waals surface area (Å²) in [5, 5.41) is 17.0. The van der Waals surface area contributed by atoms with E-state index >= 15 is 0 Å². The molecule has 6 heteroatoms. The van der Waals surface area contributed by atoms with Gasteiger partial charge in [-0.3, -0.25) is 0 Å². The highest BCUT2D eigenvalue weighted by Gasteiger charge is 2.10. The van der Waals surface area contributed by atoms with Crippen LogP contribution in [0.5, 0.6) is 0 Å². The van der Waals surface area contributed by atoms with Gasteiger partial charge in [0.2, 0.25) is 0 Å². The zero-order valence-electron chi connectivity index (χ0n) is 10.5. The summed E-state index contributed by atoms with van der Waals surface area (Å²) in [6.45, 7) is 2.69. The molecule has 1 heterocycles. The number of aromatic carboxylic acids is 1. The lowest BCUT2D eigenvalue weighted by Crippen LogP contribution is -2.07. The van der Waals surface area contributed by atoms with Gasteiger partial charge in [-0.1, -0.05) is 30.7 Å². The van der Waals surface area contributed by atoms with E-state index in [1.807, 2.05) is 4.68 Å². The average molecular weight is 324 g/mol. The monoisotopic (exact) mass is 323 g/mol. The summed E-state index contributed by atoms with van der Waals surface area (Å²) in [4.78, 5) is 10.8. The van der Waals surface area contributed by atoms with E-state index in [1.165, 1.54) is 0 Å². The Morgan fingerprint density at radius 3 is 2.63 bits per heavy atom. The van der Waals surface area contributed by atoms with Crippen LogP contribution in [0.15, 0.2) is 28.9 Å².